The van der Waals surface area contributed by atoms with Crippen LogP contribution in [0.5, 0.6) is 0 Å². The first kappa shape index (κ1) is 11.1. The summed E-state index contributed by atoms with van der Waals surface area (Å²) in [6.45, 7) is 1.64. The van der Waals surface area contributed by atoms with Crippen molar-refractivity contribution in [1.82, 2.24) is 19.0 Å². The van der Waals surface area contributed by atoms with Crippen molar-refractivity contribution in [2.45, 2.75) is 6.42 Å². The van der Waals surface area contributed by atoms with E-state index in [0.29, 0.717) is 5.69 Å². The highest BCUT2D eigenvalue weighted by molar-refractivity contribution is 6.99. The van der Waals surface area contributed by atoms with Gasteiger partial charge in [-0.15, -0.1) is 0 Å². The molecule has 0 aliphatic rings. The Morgan fingerprint density at radius 2 is 2.50 bits per heavy atom. The predicted octanol–water partition coefficient (Wildman–Crippen LogP) is 0.220. The van der Waals surface area contributed by atoms with Crippen molar-refractivity contribution in [2.75, 3.05) is 27.2 Å². The van der Waals surface area contributed by atoms with Gasteiger partial charge < -0.3 is 10.2 Å². The van der Waals surface area contributed by atoms with Crippen LogP contribution in [0.15, 0.2) is 6.20 Å². The van der Waals surface area contributed by atoms with Gasteiger partial charge in [0.15, 0.2) is 5.69 Å². The minimum absolute atomic E-state index is 0.0603. The van der Waals surface area contributed by atoms with Crippen molar-refractivity contribution < 1.29 is 4.79 Å². The quantitative estimate of drug-likeness (QED) is 0.712. The van der Waals surface area contributed by atoms with Gasteiger partial charge in [0.25, 0.3) is 5.91 Å². The highest BCUT2D eigenvalue weighted by Crippen LogP contribution is 2.00. The second-order valence-corrected chi connectivity index (χ2v) is 3.53. The van der Waals surface area contributed by atoms with E-state index in [-0.39, 0.29) is 5.91 Å². The Morgan fingerprint density at radius 3 is 3.07 bits per heavy atom. The summed E-state index contributed by atoms with van der Waals surface area (Å²) in [6.07, 6.45) is 2.44. The SMILES string of the molecule is CNCCCN(C)C(=O)c1cnsn1. The fraction of sp³-hybridized carbons (Fsp3) is 0.625. The molecule has 1 heterocycles. The van der Waals surface area contributed by atoms with E-state index in [4.69, 9.17) is 0 Å². The summed E-state index contributed by atoms with van der Waals surface area (Å²) in [4.78, 5) is 13.3. The molecule has 1 amide bonds. The molecule has 78 valence electrons. The first-order valence-electron chi connectivity index (χ1n) is 4.43. The molecule has 1 N–H and O–H groups in total. The summed E-state index contributed by atoms with van der Waals surface area (Å²) in [5.74, 6) is -0.0603. The van der Waals surface area contributed by atoms with E-state index in [9.17, 15) is 4.79 Å². The number of nitrogens with one attached hydrogen (secondary N) is 1. The van der Waals surface area contributed by atoms with Crippen LogP contribution in [0.2, 0.25) is 0 Å². The van der Waals surface area contributed by atoms with Gasteiger partial charge in [0, 0.05) is 13.6 Å². The van der Waals surface area contributed by atoms with Crippen molar-refractivity contribution in [3.05, 3.63) is 11.9 Å². The van der Waals surface area contributed by atoms with Gasteiger partial charge in [0.05, 0.1) is 17.9 Å². The lowest BCUT2D eigenvalue weighted by molar-refractivity contribution is 0.0789. The van der Waals surface area contributed by atoms with Crippen molar-refractivity contribution in [2.24, 2.45) is 0 Å². The molecule has 14 heavy (non-hydrogen) atoms. The molecular weight excluding hydrogens is 200 g/mol. The molecule has 1 rings (SSSR count). The van der Waals surface area contributed by atoms with E-state index >= 15 is 0 Å². The lowest BCUT2D eigenvalue weighted by atomic mass is 10.3. The number of amides is 1. The summed E-state index contributed by atoms with van der Waals surface area (Å²) in [7, 11) is 3.67. The number of nitrogens with zero attached hydrogens (tertiary/aromatic N) is 3. The van der Waals surface area contributed by atoms with Gasteiger partial charge in [0.2, 0.25) is 0 Å². The van der Waals surface area contributed by atoms with Crippen LogP contribution in [-0.2, 0) is 0 Å². The largest absolute Gasteiger partial charge is 0.340 e. The van der Waals surface area contributed by atoms with Gasteiger partial charge in [-0.3, -0.25) is 4.79 Å². The van der Waals surface area contributed by atoms with E-state index in [2.05, 4.69) is 14.1 Å². The standard InChI is InChI=1S/C8H14N4OS/c1-9-4-3-5-12(2)8(13)7-6-10-14-11-7/h6,9H,3-5H2,1-2H3. The van der Waals surface area contributed by atoms with Gasteiger partial charge >= 0.3 is 0 Å². The second kappa shape index (κ2) is 5.66. The van der Waals surface area contributed by atoms with Gasteiger partial charge in [-0.05, 0) is 20.0 Å². The Labute approximate surface area is 87.5 Å². The first-order valence-corrected chi connectivity index (χ1v) is 5.16. The zero-order chi connectivity index (χ0) is 10.4. The third kappa shape index (κ3) is 3.04. The van der Waals surface area contributed by atoms with Crippen LogP contribution < -0.4 is 5.32 Å². The number of aromatic nitrogens is 2. The van der Waals surface area contributed by atoms with E-state index in [1.165, 1.54) is 6.20 Å². The molecule has 1 aromatic rings. The Hall–Kier alpha value is -1.01. The van der Waals surface area contributed by atoms with Crippen molar-refractivity contribution >= 4 is 17.6 Å². The van der Waals surface area contributed by atoms with Crippen LogP contribution >= 0.6 is 11.7 Å². The van der Waals surface area contributed by atoms with E-state index in [0.717, 1.165) is 31.2 Å². The zero-order valence-electron chi connectivity index (χ0n) is 8.36. The van der Waals surface area contributed by atoms with E-state index < -0.39 is 0 Å². The fourth-order valence-corrected chi connectivity index (χ4v) is 1.46. The van der Waals surface area contributed by atoms with Gasteiger partial charge in [-0.1, -0.05) is 0 Å². The molecule has 0 bridgehead atoms. The first-order chi connectivity index (χ1) is 6.75. The van der Waals surface area contributed by atoms with Crippen LogP contribution in [0.3, 0.4) is 0 Å². The molecule has 0 unspecified atom stereocenters. The maximum atomic E-state index is 11.6. The molecular formula is C8H14N4OS. The molecule has 0 aromatic carbocycles. The average Bonchev–Trinajstić information content (AvgIpc) is 2.69. The summed E-state index contributed by atoms with van der Waals surface area (Å²) in [6, 6.07) is 0. The molecule has 0 aliphatic carbocycles. The number of carbonyl (C=O) groups excluding carboxylic acids is 1. The highest BCUT2D eigenvalue weighted by atomic mass is 32.1. The molecule has 0 saturated heterocycles. The van der Waals surface area contributed by atoms with Crippen molar-refractivity contribution in [3.63, 3.8) is 0 Å². The van der Waals surface area contributed by atoms with Crippen LogP contribution in [0.25, 0.3) is 0 Å². The maximum Gasteiger partial charge on any atom is 0.274 e. The molecule has 0 spiro atoms. The summed E-state index contributed by atoms with van der Waals surface area (Å²) >= 11 is 1.05. The van der Waals surface area contributed by atoms with Gasteiger partial charge in [0.1, 0.15) is 0 Å². The summed E-state index contributed by atoms with van der Waals surface area (Å²) in [5, 5.41) is 3.03. The Morgan fingerprint density at radius 1 is 1.71 bits per heavy atom. The predicted molar refractivity (Wildman–Crippen MR) is 55.4 cm³/mol. The molecule has 1 aromatic heterocycles. The normalized spacial score (nSPS) is 10.1. The summed E-state index contributed by atoms with van der Waals surface area (Å²) < 4.78 is 7.68. The van der Waals surface area contributed by atoms with Crippen molar-refractivity contribution in [3.8, 4) is 0 Å². The molecule has 0 fully saturated rings. The van der Waals surface area contributed by atoms with E-state index in [1.807, 2.05) is 7.05 Å². The molecule has 0 radical (unpaired) electrons. The second-order valence-electron chi connectivity index (χ2n) is 2.98. The molecule has 0 aliphatic heterocycles. The third-order valence-corrected chi connectivity index (χ3v) is 2.33. The Balaban J connectivity index is 2.37. The van der Waals surface area contributed by atoms with Gasteiger partial charge in [-0.2, -0.15) is 8.75 Å². The molecule has 5 nitrogen and oxygen atoms in total. The number of hydrogen-bond donors (Lipinski definition) is 1. The Bertz CT molecular complexity index is 275. The number of carbonyl (C=O) groups is 1. The third-order valence-electron chi connectivity index (χ3n) is 1.85. The van der Waals surface area contributed by atoms with E-state index in [1.54, 1.807) is 11.9 Å². The van der Waals surface area contributed by atoms with Crippen LogP contribution in [0, 0.1) is 0 Å². The topological polar surface area (TPSA) is 58.1 Å². The monoisotopic (exact) mass is 214 g/mol. The minimum Gasteiger partial charge on any atom is -0.340 e. The highest BCUT2D eigenvalue weighted by Gasteiger charge is 2.13. The number of hydrogen-bond acceptors (Lipinski definition) is 5. The smallest absolute Gasteiger partial charge is 0.274 e. The lowest BCUT2D eigenvalue weighted by Crippen LogP contribution is -2.29. The van der Waals surface area contributed by atoms with Crippen LogP contribution in [0.4, 0.5) is 0 Å². The van der Waals surface area contributed by atoms with Gasteiger partial charge in [-0.25, -0.2) is 0 Å². The average molecular weight is 214 g/mol. The number of rotatable bonds is 5. The molecule has 0 atom stereocenters. The van der Waals surface area contributed by atoms with Crippen molar-refractivity contribution in [1.29, 1.82) is 0 Å². The molecule has 0 saturated carbocycles. The minimum atomic E-state index is -0.0603. The zero-order valence-corrected chi connectivity index (χ0v) is 9.17. The fourth-order valence-electron chi connectivity index (χ4n) is 1.05. The van der Waals surface area contributed by atoms with Crippen LogP contribution in [-0.4, -0.2) is 46.7 Å². The summed E-state index contributed by atoms with van der Waals surface area (Å²) in [5.41, 5.74) is 0.432. The lowest BCUT2D eigenvalue weighted by Gasteiger charge is -2.14. The molecule has 6 heteroatoms. The van der Waals surface area contributed by atoms with Crippen LogP contribution in [0.1, 0.15) is 16.9 Å². The maximum absolute atomic E-state index is 11.6. The Kier molecular flexibility index (Phi) is 4.48.